The van der Waals surface area contributed by atoms with Gasteiger partial charge in [-0.25, -0.2) is 13.1 Å². The highest BCUT2D eigenvalue weighted by Crippen LogP contribution is 2.28. The minimum atomic E-state index is -3.47. The molecule has 0 amide bonds. The molecular weight excluding hydrogens is 284 g/mol. The van der Waals surface area contributed by atoms with E-state index in [-0.39, 0.29) is 10.9 Å². The molecule has 1 N–H and O–H groups in total. The van der Waals surface area contributed by atoms with Crippen LogP contribution in [0.4, 0.5) is 0 Å². The van der Waals surface area contributed by atoms with Gasteiger partial charge in [-0.3, -0.25) is 0 Å². The van der Waals surface area contributed by atoms with Gasteiger partial charge in [-0.05, 0) is 36.5 Å². The molecular formula is C16H22N2O2S. The predicted molar refractivity (Wildman–Crippen MR) is 82.1 cm³/mol. The first kappa shape index (κ1) is 16.0. The second-order valence-electron chi connectivity index (χ2n) is 5.66. The van der Waals surface area contributed by atoms with Gasteiger partial charge in [0.25, 0.3) is 0 Å². The maximum Gasteiger partial charge on any atom is 0.240 e. The number of nitrogens with one attached hydrogen (secondary N) is 1. The average Bonchev–Trinajstić information content (AvgIpc) is 2.48. The summed E-state index contributed by atoms with van der Waals surface area (Å²) >= 11 is 0. The van der Waals surface area contributed by atoms with Gasteiger partial charge in [0.2, 0.25) is 10.0 Å². The first-order valence-electron chi connectivity index (χ1n) is 7.55. The van der Waals surface area contributed by atoms with E-state index in [0.717, 1.165) is 31.2 Å². The smallest absolute Gasteiger partial charge is 0.208 e. The Morgan fingerprint density at radius 1 is 1.24 bits per heavy atom. The van der Waals surface area contributed by atoms with Gasteiger partial charge in [-0.15, -0.1) is 0 Å². The van der Waals surface area contributed by atoms with Gasteiger partial charge >= 0.3 is 0 Å². The lowest BCUT2D eigenvalue weighted by Crippen LogP contribution is -2.41. The molecule has 1 aromatic rings. The molecule has 1 aliphatic rings. The summed E-state index contributed by atoms with van der Waals surface area (Å²) in [6.07, 6.45) is 5.61. The Kier molecular flexibility index (Phi) is 5.38. The van der Waals surface area contributed by atoms with Crippen molar-refractivity contribution in [3.8, 4) is 6.07 Å². The Balaban J connectivity index is 2.12. The number of nitrogens with zero attached hydrogens (tertiary/aromatic N) is 1. The van der Waals surface area contributed by atoms with Crippen LogP contribution in [0.25, 0.3) is 0 Å². The molecule has 114 valence electrons. The number of rotatable bonds is 5. The molecule has 5 heteroatoms. The van der Waals surface area contributed by atoms with E-state index in [1.54, 1.807) is 24.3 Å². The second-order valence-corrected chi connectivity index (χ2v) is 7.37. The van der Waals surface area contributed by atoms with E-state index < -0.39 is 10.0 Å². The van der Waals surface area contributed by atoms with Crippen LogP contribution in [0.5, 0.6) is 0 Å². The first-order chi connectivity index (χ1) is 10.1. The van der Waals surface area contributed by atoms with Crippen molar-refractivity contribution in [2.24, 2.45) is 5.92 Å². The zero-order valence-corrected chi connectivity index (χ0v) is 13.2. The van der Waals surface area contributed by atoms with Crippen molar-refractivity contribution in [3.63, 3.8) is 0 Å². The minimum Gasteiger partial charge on any atom is -0.208 e. The monoisotopic (exact) mass is 306 g/mol. The molecule has 1 fully saturated rings. The van der Waals surface area contributed by atoms with Gasteiger partial charge in [-0.1, -0.05) is 38.3 Å². The summed E-state index contributed by atoms with van der Waals surface area (Å²) in [5.74, 6) is 0.436. The third kappa shape index (κ3) is 4.05. The molecule has 0 aliphatic heterocycles. The third-order valence-electron chi connectivity index (χ3n) is 4.26. The maximum atomic E-state index is 12.5. The fourth-order valence-electron chi connectivity index (χ4n) is 3.00. The fourth-order valence-corrected chi connectivity index (χ4v) is 4.34. The number of nitriles is 1. The van der Waals surface area contributed by atoms with E-state index in [9.17, 15) is 8.42 Å². The summed E-state index contributed by atoms with van der Waals surface area (Å²) < 4.78 is 27.8. The summed E-state index contributed by atoms with van der Waals surface area (Å²) in [7, 11) is -3.47. The van der Waals surface area contributed by atoms with Crippen LogP contribution in [0.3, 0.4) is 0 Å². The highest BCUT2D eigenvalue weighted by atomic mass is 32.2. The summed E-state index contributed by atoms with van der Waals surface area (Å²) in [5, 5.41) is 8.64. The Bertz CT molecular complexity index is 602. The van der Waals surface area contributed by atoms with Crippen LogP contribution >= 0.6 is 0 Å². The molecule has 1 aromatic carbocycles. The largest absolute Gasteiger partial charge is 0.240 e. The molecule has 21 heavy (non-hydrogen) atoms. The van der Waals surface area contributed by atoms with Crippen LogP contribution < -0.4 is 4.72 Å². The fraction of sp³-hybridized carbons (Fsp3) is 0.562. The van der Waals surface area contributed by atoms with Crippen LogP contribution in [0.15, 0.2) is 29.2 Å². The van der Waals surface area contributed by atoms with Gasteiger partial charge in [0.1, 0.15) is 0 Å². The number of hydrogen-bond acceptors (Lipinski definition) is 3. The Morgan fingerprint density at radius 2 is 1.90 bits per heavy atom. The normalized spacial score (nSPS) is 22.7. The van der Waals surface area contributed by atoms with Crippen molar-refractivity contribution in [3.05, 3.63) is 29.8 Å². The highest BCUT2D eigenvalue weighted by Gasteiger charge is 2.28. The lowest BCUT2D eigenvalue weighted by molar-refractivity contribution is 0.282. The second kappa shape index (κ2) is 7.06. The van der Waals surface area contributed by atoms with Gasteiger partial charge in [-0.2, -0.15) is 5.26 Å². The topological polar surface area (TPSA) is 70.0 Å². The first-order valence-corrected chi connectivity index (χ1v) is 9.03. The average molecular weight is 306 g/mol. The van der Waals surface area contributed by atoms with E-state index in [0.29, 0.717) is 12.3 Å². The van der Waals surface area contributed by atoms with Crippen molar-refractivity contribution in [2.75, 3.05) is 0 Å². The summed E-state index contributed by atoms with van der Waals surface area (Å²) in [6.45, 7) is 2.12. The number of benzene rings is 1. The highest BCUT2D eigenvalue weighted by molar-refractivity contribution is 7.89. The molecule has 2 atom stereocenters. The molecule has 2 rings (SSSR count). The van der Waals surface area contributed by atoms with E-state index in [2.05, 4.69) is 17.7 Å². The molecule has 0 saturated heterocycles. The molecule has 2 unspecified atom stereocenters. The van der Waals surface area contributed by atoms with E-state index in [1.807, 2.05) is 0 Å². The van der Waals surface area contributed by atoms with Gasteiger partial charge in [0.15, 0.2) is 0 Å². The summed E-state index contributed by atoms with van der Waals surface area (Å²) in [6, 6.07) is 8.68. The molecule has 1 saturated carbocycles. The molecule has 4 nitrogen and oxygen atoms in total. The number of hydrogen-bond donors (Lipinski definition) is 1. The third-order valence-corrected chi connectivity index (χ3v) is 5.76. The van der Waals surface area contributed by atoms with Gasteiger partial charge < -0.3 is 0 Å². The standard InChI is InChI=1S/C16H22N2O2S/c1-2-14-5-3-4-6-16(14)18-21(19,20)15-9-7-13(8-10-15)11-12-17/h7-10,14,16,18H,2-6,11H2,1H3. The maximum absolute atomic E-state index is 12.5. The lowest BCUT2D eigenvalue weighted by Gasteiger charge is -2.31. The lowest BCUT2D eigenvalue weighted by atomic mass is 9.83. The molecule has 0 bridgehead atoms. The Labute approximate surface area is 127 Å². The van der Waals surface area contributed by atoms with Crippen LogP contribution in [0.2, 0.25) is 0 Å². The molecule has 1 aliphatic carbocycles. The van der Waals surface area contributed by atoms with E-state index in [4.69, 9.17) is 5.26 Å². The van der Waals surface area contributed by atoms with Crippen molar-refractivity contribution in [2.45, 2.75) is 56.4 Å². The van der Waals surface area contributed by atoms with Crippen LogP contribution in [-0.4, -0.2) is 14.5 Å². The van der Waals surface area contributed by atoms with Crippen molar-refractivity contribution in [1.29, 1.82) is 5.26 Å². The minimum absolute atomic E-state index is 0.0486. The van der Waals surface area contributed by atoms with Crippen LogP contribution in [0, 0.1) is 17.2 Å². The van der Waals surface area contributed by atoms with Crippen molar-refractivity contribution in [1.82, 2.24) is 4.72 Å². The molecule has 0 heterocycles. The quantitative estimate of drug-likeness (QED) is 0.909. The Morgan fingerprint density at radius 3 is 2.52 bits per heavy atom. The Hall–Kier alpha value is -1.38. The van der Waals surface area contributed by atoms with Gasteiger partial charge in [0.05, 0.1) is 17.4 Å². The van der Waals surface area contributed by atoms with Gasteiger partial charge in [0, 0.05) is 6.04 Å². The zero-order chi connectivity index (χ0) is 15.3. The summed E-state index contributed by atoms with van der Waals surface area (Å²) in [4.78, 5) is 0.282. The molecule has 0 radical (unpaired) electrons. The molecule has 0 spiro atoms. The van der Waals surface area contributed by atoms with Crippen LogP contribution in [-0.2, 0) is 16.4 Å². The van der Waals surface area contributed by atoms with Crippen molar-refractivity contribution < 1.29 is 8.42 Å². The number of sulfonamides is 1. The van der Waals surface area contributed by atoms with E-state index in [1.165, 1.54) is 6.42 Å². The zero-order valence-electron chi connectivity index (χ0n) is 12.4. The summed E-state index contributed by atoms with van der Waals surface area (Å²) in [5.41, 5.74) is 0.834. The van der Waals surface area contributed by atoms with Crippen molar-refractivity contribution >= 4 is 10.0 Å². The predicted octanol–water partition coefficient (Wildman–Crippen LogP) is 3.00. The molecule has 0 aromatic heterocycles. The van der Waals surface area contributed by atoms with Crippen LogP contribution in [0.1, 0.15) is 44.6 Å². The van der Waals surface area contributed by atoms with E-state index >= 15 is 0 Å². The SMILES string of the molecule is CCC1CCCCC1NS(=O)(=O)c1ccc(CC#N)cc1.